The summed E-state index contributed by atoms with van der Waals surface area (Å²) in [6.45, 7) is 3.64. The van der Waals surface area contributed by atoms with Crippen molar-refractivity contribution in [3.05, 3.63) is 0 Å². The highest BCUT2D eigenvalue weighted by Crippen LogP contribution is 2.41. The summed E-state index contributed by atoms with van der Waals surface area (Å²) in [5.74, 6) is -1.89. The number of aliphatic hydroxyl groups excluding tert-OH is 7. The molecule has 0 spiro atoms. The molecular weight excluding hydrogens is 1020 g/mol. The molecule has 77 heavy (non-hydrogen) atoms. The summed E-state index contributed by atoms with van der Waals surface area (Å²) < 4.78 is 46.3. The van der Waals surface area contributed by atoms with E-state index in [0.717, 1.165) is 83.5 Å². The predicted molar refractivity (Wildman–Crippen MR) is 289 cm³/mol. The Morgan fingerprint density at radius 3 is 1.48 bits per heavy atom. The third-order valence-corrected chi connectivity index (χ3v) is 15.0. The van der Waals surface area contributed by atoms with Crippen LogP contribution in [0.3, 0.4) is 0 Å². The summed E-state index contributed by atoms with van der Waals surface area (Å²) in [5.41, 5.74) is 0. The molecule has 0 aliphatic carbocycles. The number of phosphoric acid groups is 1. The zero-order valence-electron chi connectivity index (χ0n) is 47.0. The van der Waals surface area contributed by atoms with Gasteiger partial charge >= 0.3 is 13.8 Å². The number of ether oxygens (including phenoxy) is 5. The first-order valence-corrected chi connectivity index (χ1v) is 31.2. The van der Waals surface area contributed by atoms with Crippen LogP contribution in [-0.4, -0.2) is 169 Å². The van der Waals surface area contributed by atoms with Crippen LogP contribution in [0.1, 0.15) is 226 Å². The summed E-state index contributed by atoms with van der Waals surface area (Å²) >= 11 is 0. The van der Waals surface area contributed by atoms with Gasteiger partial charge in [-0.2, -0.15) is 0 Å². The van der Waals surface area contributed by atoms with Gasteiger partial charge in [-0.05, 0) is 25.7 Å². The standard InChI is InChI=1S/C55H105N2O19P/c1-4-7-10-13-16-19-22-25-28-31-40(60)34-45(62)56-48-51(66)50(65)44(75-54(48)71-38-41(61)36-58)39-72-55-49(52(67)53(43(37-59)74-55)76-77(68,69)70)57-46(63)35-42(32-29-26-23-20-17-14-11-8-5-2)73-47(64)33-30-27-24-21-18-15-12-9-6-3/h40-44,48-55,58-61,65-67H,4-39H2,1-3H3,(H,56,62)(H,57,63)(H2,68,69,70)/t40-,41?,42-,43-,44-,48+,49+,50-,51-,52-,53-,54+,55-/m1/s1. The monoisotopic (exact) mass is 1130 g/mol. The number of carbonyl (C=O) groups excluding carboxylic acids is 3. The van der Waals surface area contributed by atoms with Crippen molar-refractivity contribution in [2.24, 2.45) is 0 Å². The SMILES string of the molecule is CCCCCCCCCCCC(=O)O[C@H](CCCCCCCCCCC)CC(=O)N[C@@H]1[C@H](OC[C@H]2O[C@H](OCC(O)CO)[C@@H](NC(=O)C[C@H](O)CCCCCCCCCCC)[C@@H](O)[C@@H]2O)O[C@H](CO)[C@@H](OP(=O)(O)O)[C@@H]1O. The number of hydrogen-bond acceptors (Lipinski definition) is 17. The predicted octanol–water partition coefficient (Wildman–Crippen LogP) is 6.16. The highest BCUT2D eigenvalue weighted by molar-refractivity contribution is 7.46. The molecule has 2 rings (SSSR count). The molecule has 0 radical (unpaired) electrons. The smallest absolute Gasteiger partial charge is 0.462 e. The molecule has 454 valence electrons. The Morgan fingerprint density at radius 1 is 0.545 bits per heavy atom. The Bertz CT molecular complexity index is 1570. The molecule has 13 atom stereocenters. The van der Waals surface area contributed by atoms with Crippen molar-refractivity contribution in [1.82, 2.24) is 10.6 Å². The van der Waals surface area contributed by atoms with Crippen LogP contribution in [0.25, 0.3) is 0 Å². The van der Waals surface area contributed by atoms with Gasteiger partial charge < -0.3 is 79.9 Å². The Labute approximate surface area is 459 Å². The fourth-order valence-corrected chi connectivity index (χ4v) is 10.5. The maximum absolute atomic E-state index is 14.0. The minimum absolute atomic E-state index is 0.175. The van der Waals surface area contributed by atoms with E-state index in [0.29, 0.717) is 32.1 Å². The minimum atomic E-state index is -5.34. The number of aliphatic hydroxyl groups is 7. The zero-order valence-corrected chi connectivity index (χ0v) is 47.9. The second kappa shape index (κ2) is 42.9. The van der Waals surface area contributed by atoms with Crippen LogP contribution in [-0.2, 0) is 47.2 Å². The molecule has 2 amide bonds. The van der Waals surface area contributed by atoms with E-state index in [9.17, 15) is 64.5 Å². The van der Waals surface area contributed by atoms with Gasteiger partial charge in [0, 0.05) is 6.42 Å². The summed E-state index contributed by atoms with van der Waals surface area (Å²) in [7, 11) is -5.34. The summed E-state index contributed by atoms with van der Waals surface area (Å²) in [6.07, 6.45) is 11.7. The lowest BCUT2D eigenvalue weighted by Crippen LogP contribution is -2.67. The van der Waals surface area contributed by atoms with Crippen molar-refractivity contribution in [3.8, 4) is 0 Å². The maximum Gasteiger partial charge on any atom is 0.470 e. The second-order valence-electron chi connectivity index (χ2n) is 21.5. The van der Waals surface area contributed by atoms with Gasteiger partial charge in [0.15, 0.2) is 12.6 Å². The first-order chi connectivity index (χ1) is 37.0. The molecule has 0 saturated carbocycles. The van der Waals surface area contributed by atoms with Gasteiger partial charge in [0.25, 0.3) is 0 Å². The molecule has 0 aromatic carbocycles. The number of nitrogens with one attached hydrogen (secondary N) is 2. The molecule has 2 heterocycles. The van der Waals surface area contributed by atoms with E-state index >= 15 is 0 Å². The van der Waals surface area contributed by atoms with Crippen molar-refractivity contribution in [2.45, 2.75) is 306 Å². The van der Waals surface area contributed by atoms with E-state index in [1.165, 1.54) is 70.6 Å². The highest BCUT2D eigenvalue weighted by atomic mass is 31.2. The van der Waals surface area contributed by atoms with Gasteiger partial charge in [-0.25, -0.2) is 4.57 Å². The molecule has 22 heteroatoms. The van der Waals surface area contributed by atoms with Gasteiger partial charge in [0.2, 0.25) is 11.8 Å². The van der Waals surface area contributed by atoms with Crippen LogP contribution in [0.4, 0.5) is 0 Å². The van der Waals surface area contributed by atoms with E-state index in [2.05, 4.69) is 31.4 Å². The van der Waals surface area contributed by atoms with E-state index in [4.69, 9.17) is 28.2 Å². The van der Waals surface area contributed by atoms with Crippen LogP contribution in [0.5, 0.6) is 0 Å². The van der Waals surface area contributed by atoms with Gasteiger partial charge in [-0.3, -0.25) is 18.9 Å². The van der Waals surface area contributed by atoms with E-state index in [1.54, 1.807) is 0 Å². The van der Waals surface area contributed by atoms with Crippen molar-refractivity contribution in [1.29, 1.82) is 0 Å². The number of carbonyl (C=O) groups is 3. The molecule has 2 fully saturated rings. The van der Waals surface area contributed by atoms with Crippen molar-refractivity contribution in [2.75, 3.05) is 26.4 Å². The quantitative estimate of drug-likeness (QED) is 0.0185. The normalized spacial score (nSPS) is 25.0. The number of unbranched alkanes of at least 4 members (excludes halogenated alkanes) is 24. The second-order valence-corrected chi connectivity index (χ2v) is 22.7. The van der Waals surface area contributed by atoms with Crippen LogP contribution in [0.2, 0.25) is 0 Å². The molecule has 21 nitrogen and oxygen atoms in total. The average Bonchev–Trinajstić information content (AvgIpc) is 3.38. The molecule has 0 bridgehead atoms. The lowest BCUT2D eigenvalue weighted by atomic mass is 9.95. The van der Waals surface area contributed by atoms with Crippen LogP contribution in [0.15, 0.2) is 0 Å². The van der Waals surface area contributed by atoms with Crippen molar-refractivity contribution >= 4 is 25.6 Å². The van der Waals surface area contributed by atoms with Crippen LogP contribution >= 0.6 is 7.82 Å². The molecule has 0 aromatic heterocycles. The van der Waals surface area contributed by atoms with E-state index < -0.39 is 132 Å². The first-order valence-electron chi connectivity index (χ1n) is 29.7. The average molecular weight is 1130 g/mol. The summed E-state index contributed by atoms with van der Waals surface area (Å²) in [4.78, 5) is 59.8. The largest absolute Gasteiger partial charge is 0.470 e. The van der Waals surface area contributed by atoms with Gasteiger partial charge in [-0.15, -0.1) is 0 Å². The fourth-order valence-electron chi connectivity index (χ4n) is 9.88. The van der Waals surface area contributed by atoms with E-state index in [-0.39, 0.29) is 19.3 Å². The number of rotatable bonds is 47. The number of amides is 2. The molecule has 2 saturated heterocycles. The maximum atomic E-state index is 14.0. The van der Waals surface area contributed by atoms with Crippen molar-refractivity contribution < 1.29 is 92.7 Å². The van der Waals surface area contributed by atoms with Crippen molar-refractivity contribution in [3.63, 3.8) is 0 Å². The zero-order chi connectivity index (χ0) is 56.9. The summed E-state index contributed by atoms with van der Waals surface area (Å²) in [6, 6.07) is -3.12. The molecular formula is C55H105N2O19P. The third-order valence-electron chi connectivity index (χ3n) is 14.4. The van der Waals surface area contributed by atoms with Gasteiger partial charge in [-0.1, -0.05) is 181 Å². The van der Waals surface area contributed by atoms with Crippen LogP contribution in [0, 0.1) is 0 Å². The Morgan fingerprint density at radius 2 is 0.987 bits per heavy atom. The lowest BCUT2D eigenvalue weighted by Gasteiger charge is -2.45. The fraction of sp³-hybridized carbons (Fsp3) is 0.945. The highest BCUT2D eigenvalue weighted by Gasteiger charge is 2.51. The molecule has 1 unspecified atom stereocenters. The lowest BCUT2D eigenvalue weighted by molar-refractivity contribution is -0.304. The number of phosphoric ester groups is 1. The number of hydrogen-bond donors (Lipinski definition) is 11. The van der Waals surface area contributed by atoms with E-state index in [1.807, 2.05) is 0 Å². The summed E-state index contributed by atoms with van der Waals surface area (Å²) in [5, 5.41) is 80.0. The third kappa shape index (κ3) is 31.8. The van der Waals surface area contributed by atoms with Gasteiger partial charge in [0.1, 0.15) is 60.9 Å². The molecule has 2 aliphatic heterocycles. The Hall–Kier alpha value is -1.92. The topological polar surface area (TPSA) is 330 Å². The Balaban J connectivity index is 2.21. The molecule has 11 N–H and O–H groups in total. The molecule has 2 aliphatic rings. The van der Waals surface area contributed by atoms with Crippen LogP contribution < -0.4 is 10.6 Å². The van der Waals surface area contributed by atoms with Gasteiger partial charge in [0.05, 0.1) is 45.4 Å². The number of esters is 1. The molecule has 0 aromatic rings. The first kappa shape index (κ1) is 71.2. The minimum Gasteiger partial charge on any atom is -0.462 e. The Kier molecular flexibility index (Phi) is 39.6.